The Bertz CT molecular complexity index is 1860. The zero-order valence-corrected chi connectivity index (χ0v) is 21.3. The van der Waals surface area contributed by atoms with Crippen LogP contribution < -0.4 is 10.9 Å². The number of nitrogens with one attached hydrogen (secondary N) is 1. The maximum absolute atomic E-state index is 13.4. The van der Waals surface area contributed by atoms with E-state index in [0.717, 1.165) is 11.1 Å². The maximum Gasteiger partial charge on any atom is 0.279 e. The quantitative estimate of drug-likeness (QED) is 0.294. The molecule has 0 atom stereocenters. The highest BCUT2D eigenvalue weighted by Gasteiger charge is 2.17. The molecule has 3 aromatic carbocycles. The number of ketones is 1. The molecule has 0 aliphatic rings. The molecule has 0 unspecified atom stereocenters. The predicted octanol–water partition coefficient (Wildman–Crippen LogP) is 4.91. The van der Waals surface area contributed by atoms with Crippen LogP contribution in [-0.2, 0) is 6.61 Å². The number of anilines is 2. The molecule has 5 aromatic rings. The van der Waals surface area contributed by atoms with Crippen molar-refractivity contribution in [2.24, 2.45) is 0 Å². The van der Waals surface area contributed by atoms with E-state index < -0.39 is 6.61 Å². The molecule has 5 rings (SSSR count). The van der Waals surface area contributed by atoms with Crippen molar-refractivity contribution in [2.75, 3.05) is 5.32 Å². The highest BCUT2D eigenvalue weighted by Crippen LogP contribution is 2.26. The average molecular weight is 517 g/mol. The SMILES string of the molecule is C=C(C)c1ccc2c(=O)n(-c3cccc(-n4cc(C#N)c(Nc5ccc(C(C)=O)cc5)n4)c3CO)ncc2c1. The first-order valence-electron chi connectivity index (χ1n) is 12.1. The molecular formula is C30H24N6O3. The molecule has 0 bridgehead atoms. The molecular weight excluding hydrogens is 492 g/mol. The second-order valence-electron chi connectivity index (χ2n) is 9.08. The number of nitriles is 1. The third-order valence-electron chi connectivity index (χ3n) is 6.43. The van der Waals surface area contributed by atoms with Crippen LogP contribution in [0.25, 0.3) is 27.7 Å². The first-order chi connectivity index (χ1) is 18.8. The Kier molecular flexibility index (Phi) is 6.63. The Labute approximate surface area is 223 Å². The Morgan fingerprint density at radius 2 is 1.79 bits per heavy atom. The number of carbonyl (C=O) groups excluding carboxylic acids is 1. The van der Waals surface area contributed by atoms with Gasteiger partial charge in [0.15, 0.2) is 11.6 Å². The Morgan fingerprint density at radius 1 is 1.08 bits per heavy atom. The third-order valence-corrected chi connectivity index (χ3v) is 6.43. The Morgan fingerprint density at radius 3 is 2.46 bits per heavy atom. The highest BCUT2D eigenvalue weighted by atomic mass is 16.3. The minimum absolute atomic E-state index is 0.0448. The second-order valence-corrected chi connectivity index (χ2v) is 9.08. The van der Waals surface area contributed by atoms with E-state index in [0.29, 0.717) is 44.8 Å². The number of allylic oxidation sites excluding steroid dienone is 1. The maximum atomic E-state index is 13.4. The van der Waals surface area contributed by atoms with Crippen LogP contribution in [0, 0.1) is 11.3 Å². The summed E-state index contributed by atoms with van der Waals surface area (Å²) in [5.74, 6) is 0.258. The molecule has 2 N–H and O–H groups in total. The highest BCUT2D eigenvalue weighted by molar-refractivity contribution is 5.94. The van der Waals surface area contributed by atoms with Gasteiger partial charge in [0.05, 0.1) is 35.8 Å². The van der Waals surface area contributed by atoms with E-state index >= 15 is 0 Å². The second kappa shape index (κ2) is 10.2. The lowest BCUT2D eigenvalue weighted by atomic mass is 10.1. The molecule has 0 saturated heterocycles. The van der Waals surface area contributed by atoms with Crippen molar-refractivity contribution in [3.05, 3.63) is 112 Å². The first-order valence-corrected chi connectivity index (χ1v) is 12.1. The first kappa shape index (κ1) is 25.3. The van der Waals surface area contributed by atoms with Crippen molar-refractivity contribution < 1.29 is 9.90 Å². The van der Waals surface area contributed by atoms with Gasteiger partial charge < -0.3 is 10.4 Å². The van der Waals surface area contributed by atoms with Gasteiger partial charge in [0.2, 0.25) is 0 Å². The molecule has 0 fully saturated rings. The lowest BCUT2D eigenvalue weighted by molar-refractivity contribution is 0.101. The number of hydrogen-bond donors (Lipinski definition) is 2. The molecule has 0 radical (unpaired) electrons. The number of Topliss-reactive ketones (excluding diaryl/α,β-unsaturated/α-hetero) is 1. The van der Waals surface area contributed by atoms with Gasteiger partial charge in [-0.25, -0.2) is 4.68 Å². The van der Waals surface area contributed by atoms with Crippen molar-refractivity contribution in [2.45, 2.75) is 20.5 Å². The Hall–Kier alpha value is -5.33. The summed E-state index contributed by atoms with van der Waals surface area (Å²) in [6.45, 7) is 6.94. The standard InChI is InChI=1S/C30H24N6O3/c1-18(2)21-9-12-25-22(13-21)15-32-36(30(25)39)28-6-4-5-27(26(28)17-37)35-16-23(14-31)29(34-35)33-24-10-7-20(8-11-24)19(3)38/h4-13,15-16,37H,1,17H2,2-3H3,(H,33,34). The molecule has 0 spiro atoms. The summed E-state index contributed by atoms with van der Waals surface area (Å²) in [4.78, 5) is 25.0. The van der Waals surface area contributed by atoms with Gasteiger partial charge in [-0.15, -0.1) is 5.10 Å². The van der Waals surface area contributed by atoms with Gasteiger partial charge in [-0.2, -0.15) is 15.0 Å². The molecule has 0 saturated carbocycles. The summed E-state index contributed by atoms with van der Waals surface area (Å²) in [5.41, 5.74) is 4.27. The van der Waals surface area contributed by atoms with Crippen molar-refractivity contribution in [1.82, 2.24) is 19.6 Å². The number of rotatable bonds is 7. The van der Waals surface area contributed by atoms with Crippen molar-refractivity contribution in [1.29, 1.82) is 5.26 Å². The lowest BCUT2D eigenvalue weighted by Crippen LogP contribution is -2.23. The zero-order chi connectivity index (χ0) is 27.7. The van der Waals surface area contributed by atoms with Gasteiger partial charge in [0.25, 0.3) is 5.56 Å². The lowest BCUT2D eigenvalue weighted by Gasteiger charge is -2.14. The van der Waals surface area contributed by atoms with Gasteiger partial charge >= 0.3 is 0 Å². The third kappa shape index (κ3) is 4.72. The summed E-state index contributed by atoms with van der Waals surface area (Å²) in [6.07, 6.45) is 3.15. The normalized spacial score (nSPS) is 10.8. The average Bonchev–Trinajstić information content (AvgIpc) is 3.35. The van der Waals surface area contributed by atoms with Crippen LogP contribution >= 0.6 is 0 Å². The molecule has 39 heavy (non-hydrogen) atoms. The van der Waals surface area contributed by atoms with Gasteiger partial charge in [-0.1, -0.05) is 24.3 Å². The zero-order valence-electron chi connectivity index (χ0n) is 21.3. The number of hydrogen-bond acceptors (Lipinski definition) is 7. The molecule has 9 heteroatoms. The predicted molar refractivity (Wildman–Crippen MR) is 150 cm³/mol. The van der Waals surface area contributed by atoms with Crippen LogP contribution in [0.3, 0.4) is 0 Å². The summed E-state index contributed by atoms with van der Waals surface area (Å²) in [5, 5.41) is 33.3. The number of fused-ring (bicyclic) bond motifs is 1. The number of benzene rings is 3. The number of aromatic nitrogens is 4. The molecule has 0 amide bonds. The topological polar surface area (TPSA) is 126 Å². The van der Waals surface area contributed by atoms with Crippen molar-refractivity contribution in [3.63, 3.8) is 0 Å². The van der Waals surface area contributed by atoms with E-state index in [1.807, 2.05) is 19.1 Å². The fraction of sp³-hybridized carbons (Fsp3) is 0.100. The largest absolute Gasteiger partial charge is 0.392 e. The monoisotopic (exact) mass is 516 g/mol. The minimum atomic E-state index is -0.400. The van der Waals surface area contributed by atoms with Crippen LogP contribution in [0.1, 0.15) is 40.9 Å². The van der Waals surface area contributed by atoms with E-state index in [1.54, 1.807) is 60.9 Å². The molecule has 192 valence electrons. The smallest absolute Gasteiger partial charge is 0.279 e. The van der Waals surface area contributed by atoms with Crippen molar-refractivity contribution >= 4 is 33.6 Å². The molecule has 0 aliphatic carbocycles. The summed E-state index contributed by atoms with van der Waals surface area (Å²) >= 11 is 0. The van der Waals surface area contributed by atoms with Crippen LogP contribution in [0.4, 0.5) is 11.5 Å². The molecule has 9 nitrogen and oxygen atoms in total. The number of carbonyl (C=O) groups is 1. The molecule has 2 aromatic heterocycles. The number of nitrogens with zero attached hydrogens (tertiary/aromatic N) is 5. The van der Waals surface area contributed by atoms with Crippen molar-refractivity contribution in [3.8, 4) is 17.4 Å². The van der Waals surface area contributed by atoms with E-state index in [4.69, 9.17) is 0 Å². The van der Waals surface area contributed by atoms with E-state index in [1.165, 1.54) is 16.3 Å². The van der Waals surface area contributed by atoms with Gasteiger partial charge in [0.1, 0.15) is 11.6 Å². The molecule has 2 heterocycles. The van der Waals surface area contributed by atoms with Crippen LogP contribution in [0.5, 0.6) is 0 Å². The van der Waals surface area contributed by atoms with Gasteiger partial charge in [-0.05, 0) is 67.9 Å². The minimum Gasteiger partial charge on any atom is -0.392 e. The van der Waals surface area contributed by atoms with Gasteiger partial charge in [0, 0.05) is 22.2 Å². The number of aliphatic hydroxyl groups excluding tert-OH is 1. The summed E-state index contributed by atoms with van der Waals surface area (Å²) in [6, 6.07) is 19.6. The summed E-state index contributed by atoms with van der Waals surface area (Å²) < 4.78 is 2.73. The molecule has 0 aliphatic heterocycles. The van der Waals surface area contributed by atoms with Crippen LogP contribution in [0.2, 0.25) is 0 Å². The van der Waals surface area contributed by atoms with Gasteiger partial charge in [-0.3, -0.25) is 9.59 Å². The van der Waals surface area contributed by atoms with Crippen LogP contribution in [-0.4, -0.2) is 30.5 Å². The Balaban J connectivity index is 1.57. The van der Waals surface area contributed by atoms with E-state index in [9.17, 15) is 20.0 Å². The fourth-order valence-corrected chi connectivity index (χ4v) is 4.32. The fourth-order valence-electron chi connectivity index (χ4n) is 4.32. The van der Waals surface area contributed by atoms with Crippen LogP contribution in [0.15, 0.2) is 84.4 Å². The van der Waals surface area contributed by atoms with E-state index in [-0.39, 0.29) is 16.9 Å². The number of aliphatic hydroxyl groups is 1. The van der Waals surface area contributed by atoms with E-state index in [2.05, 4.69) is 28.2 Å². The summed E-state index contributed by atoms with van der Waals surface area (Å²) in [7, 11) is 0.